The lowest BCUT2D eigenvalue weighted by molar-refractivity contribution is -0.139. The summed E-state index contributed by atoms with van der Waals surface area (Å²) in [5.74, 6) is -0.404. The van der Waals surface area contributed by atoms with Gasteiger partial charge in [-0.1, -0.05) is 67.2 Å². The standard InChI is InChI=1S/C17H14O2/c1-12-15(13-8-4-2-5-9-13)16(19-17(12)18)14-10-6-3-7-11-14/h2-11,15-16H,1H2/t15-,16-/m1/s1. The molecule has 0 unspecified atom stereocenters. The number of esters is 1. The summed E-state index contributed by atoms with van der Waals surface area (Å²) in [5, 5.41) is 0. The van der Waals surface area contributed by atoms with Gasteiger partial charge in [0.2, 0.25) is 0 Å². The van der Waals surface area contributed by atoms with E-state index in [-0.39, 0.29) is 18.0 Å². The Morgan fingerprint density at radius 2 is 1.37 bits per heavy atom. The molecule has 1 fully saturated rings. The van der Waals surface area contributed by atoms with Crippen molar-refractivity contribution in [3.63, 3.8) is 0 Å². The minimum atomic E-state index is -0.303. The summed E-state index contributed by atoms with van der Waals surface area (Å²) in [7, 11) is 0. The summed E-state index contributed by atoms with van der Waals surface area (Å²) < 4.78 is 5.49. The van der Waals surface area contributed by atoms with Gasteiger partial charge in [-0.2, -0.15) is 0 Å². The van der Waals surface area contributed by atoms with E-state index in [1.54, 1.807) is 0 Å². The summed E-state index contributed by atoms with van der Waals surface area (Å²) in [5.41, 5.74) is 2.59. The van der Waals surface area contributed by atoms with Crippen LogP contribution in [-0.4, -0.2) is 5.97 Å². The van der Waals surface area contributed by atoms with Crippen LogP contribution in [0.15, 0.2) is 72.8 Å². The predicted molar refractivity (Wildman–Crippen MR) is 73.6 cm³/mol. The fraction of sp³-hybridized carbons (Fsp3) is 0.118. The van der Waals surface area contributed by atoms with Gasteiger partial charge in [0, 0.05) is 5.57 Å². The van der Waals surface area contributed by atoms with Crippen LogP contribution < -0.4 is 0 Å². The lowest BCUT2D eigenvalue weighted by Gasteiger charge is -2.18. The van der Waals surface area contributed by atoms with Crippen molar-refractivity contribution in [2.45, 2.75) is 12.0 Å². The molecule has 2 aromatic carbocycles. The van der Waals surface area contributed by atoms with Gasteiger partial charge in [0.15, 0.2) is 0 Å². The molecule has 0 aromatic heterocycles. The number of ether oxygens (including phenoxy) is 1. The van der Waals surface area contributed by atoms with Gasteiger partial charge in [-0.3, -0.25) is 0 Å². The van der Waals surface area contributed by atoms with Crippen molar-refractivity contribution in [2.24, 2.45) is 0 Å². The normalized spacial score (nSPS) is 22.3. The first-order valence-electron chi connectivity index (χ1n) is 6.27. The van der Waals surface area contributed by atoms with E-state index >= 15 is 0 Å². The first kappa shape index (κ1) is 11.7. The third-order valence-corrected chi connectivity index (χ3v) is 3.46. The van der Waals surface area contributed by atoms with Crippen LogP contribution in [-0.2, 0) is 9.53 Å². The maximum Gasteiger partial charge on any atom is 0.334 e. The van der Waals surface area contributed by atoms with E-state index in [9.17, 15) is 4.79 Å². The van der Waals surface area contributed by atoms with Crippen LogP contribution in [0.3, 0.4) is 0 Å². The zero-order chi connectivity index (χ0) is 13.2. The smallest absolute Gasteiger partial charge is 0.334 e. The highest BCUT2D eigenvalue weighted by Crippen LogP contribution is 2.44. The maximum absolute atomic E-state index is 11.8. The maximum atomic E-state index is 11.8. The summed E-state index contributed by atoms with van der Waals surface area (Å²) in [6, 6.07) is 19.7. The van der Waals surface area contributed by atoms with Crippen molar-refractivity contribution in [3.8, 4) is 0 Å². The van der Waals surface area contributed by atoms with Gasteiger partial charge in [0.1, 0.15) is 6.10 Å². The molecule has 3 rings (SSSR count). The quantitative estimate of drug-likeness (QED) is 0.601. The molecule has 19 heavy (non-hydrogen) atoms. The fourth-order valence-electron chi connectivity index (χ4n) is 2.51. The Kier molecular flexibility index (Phi) is 2.92. The number of rotatable bonds is 2. The molecule has 2 nitrogen and oxygen atoms in total. The first-order valence-corrected chi connectivity index (χ1v) is 6.27. The molecule has 1 aliphatic rings. The molecule has 1 heterocycles. The Labute approximate surface area is 112 Å². The molecule has 0 N–H and O–H groups in total. The van der Waals surface area contributed by atoms with Crippen LogP contribution in [0.2, 0.25) is 0 Å². The minimum absolute atomic E-state index is 0.101. The summed E-state index contributed by atoms with van der Waals surface area (Å²) in [6.45, 7) is 3.89. The molecule has 2 aromatic rings. The Balaban J connectivity index is 2.04. The van der Waals surface area contributed by atoms with Gasteiger partial charge in [0.25, 0.3) is 0 Å². The van der Waals surface area contributed by atoms with Crippen molar-refractivity contribution >= 4 is 5.97 Å². The molecule has 2 atom stereocenters. The molecule has 0 saturated carbocycles. The van der Waals surface area contributed by atoms with Crippen LogP contribution >= 0.6 is 0 Å². The molecule has 1 saturated heterocycles. The summed E-state index contributed by atoms with van der Waals surface area (Å²) >= 11 is 0. The van der Waals surface area contributed by atoms with Gasteiger partial charge >= 0.3 is 5.97 Å². The monoisotopic (exact) mass is 250 g/mol. The van der Waals surface area contributed by atoms with Crippen molar-refractivity contribution in [3.05, 3.63) is 83.9 Å². The Morgan fingerprint density at radius 1 is 0.842 bits per heavy atom. The SMILES string of the molecule is C=C1C(=O)O[C@H](c2ccccc2)[C@H]1c1ccccc1. The average Bonchev–Trinajstić information content (AvgIpc) is 2.77. The Bertz CT molecular complexity index is 602. The van der Waals surface area contributed by atoms with Crippen LogP contribution in [0.25, 0.3) is 0 Å². The van der Waals surface area contributed by atoms with Crippen LogP contribution in [0.4, 0.5) is 0 Å². The molecule has 1 aliphatic heterocycles. The van der Waals surface area contributed by atoms with Gasteiger partial charge in [0.05, 0.1) is 5.92 Å². The largest absolute Gasteiger partial charge is 0.453 e. The summed E-state index contributed by atoms with van der Waals surface area (Å²) in [4.78, 5) is 11.8. The van der Waals surface area contributed by atoms with Gasteiger partial charge < -0.3 is 4.74 Å². The number of hydrogen-bond acceptors (Lipinski definition) is 2. The van der Waals surface area contributed by atoms with Gasteiger partial charge in [-0.05, 0) is 11.1 Å². The zero-order valence-electron chi connectivity index (χ0n) is 10.5. The van der Waals surface area contributed by atoms with Crippen LogP contribution in [0.1, 0.15) is 23.1 Å². The van der Waals surface area contributed by atoms with E-state index in [0.717, 1.165) is 11.1 Å². The van der Waals surface area contributed by atoms with E-state index in [1.165, 1.54) is 0 Å². The highest BCUT2D eigenvalue weighted by atomic mass is 16.6. The van der Waals surface area contributed by atoms with Crippen LogP contribution in [0, 0.1) is 0 Å². The second-order valence-corrected chi connectivity index (χ2v) is 4.65. The molecule has 94 valence electrons. The van der Waals surface area contributed by atoms with Crippen molar-refractivity contribution in [1.29, 1.82) is 0 Å². The van der Waals surface area contributed by atoms with Gasteiger partial charge in [-0.15, -0.1) is 0 Å². The molecule has 2 heteroatoms. The molecular formula is C17H14O2. The number of cyclic esters (lactones) is 1. The topological polar surface area (TPSA) is 26.3 Å². The van der Waals surface area contributed by atoms with E-state index in [1.807, 2.05) is 60.7 Å². The van der Waals surface area contributed by atoms with Gasteiger partial charge in [-0.25, -0.2) is 4.79 Å². The van der Waals surface area contributed by atoms with Crippen LogP contribution in [0.5, 0.6) is 0 Å². The molecule has 0 aliphatic carbocycles. The zero-order valence-corrected chi connectivity index (χ0v) is 10.5. The number of benzene rings is 2. The third-order valence-electron chi connectivity index (χ3n) is 3.46. The number of hydrogen-bond donors (Lipinski definition) is 0. The number of carbonyl (C=O) groups excluding carboxylic acids is 1. The average molecular weight is 250 g/mol. The van der Waals surface area contributed by atoms with E-state index in [2.05, 4.69) is 6.58 Å². The highest BCUT2D eigenvalue weighted by Gasteiger charge is 2.40. The first-order chi connectivity index (χ1) is 9.27. The molecule has 0 radical (unpaired) electrons. The number of carbonyl (C=O) groups is 1. The highest BCUT2D eigenvalue weighted by molar-refractivity contribution is 5.92. The lowest BCUT2D eigenvalue weighted by Crippen LogP contribution is -2.06. The second-order valence-electron chi connectivity index (χ2n) is 4.65. The molecular weight excluding hydrogens is 236 g/mol. The summed E-state index contributed by atoms with van der Waals surface area (Å²) in [6.07, 6.45) is -0.274. The van der Waals surface area contributed by atoms with E-state index in [0.29, 0.717) is 5.57 Å². The Hall–Kier alpha value is -2.35. The van der Waals surface area contributed by atoms with Crippen molar-refractivity contribution in [2.75, 3.05) is 0 Å². The fourth-order valence-corrected chi connectivity index (χ4v) is 2.51. The Morgan fingerprint density at radius 3 is 1.95 bits per heavy atom. The minimum Gasteiger partial charge on any atom is -0.453 e. The molecule has 0 spiro atoms. The third kappa shape index (κ3) is 2.06. The predicted octanol–water partition coefficient (Wildman–Crippen LogP) is 3.62. The lowest BCUT2D eigenvalue weighted by atomic mass is 9.86. The van der Waals surface area contributed by atoms with Crippen molar-refractivity contribution < 1.29 is 9.53 Å². The molecule has 0 amide bonds. The second kappa shape index (κ2) is 4.73. The van der Waals surface area contributed by atoms with Crippen molar-refractivity contribution in [1.82, 2.24) is 0 Å². The van der Waals surface area contributed by atoms with E-state index < -0.39 is 0 Å². The molecule has 0 bridgehead atoms. The van der Waals surface area contributed by atoms with E-state index in [4.69, 9.17) is 4.74 Å².